The maximum atomic E-state index is 12.9. The lowest BCUT2D eigenvalue weighted by Crippen LogP contribution is -2.02. The highest BCUT2D eigenvalue weighted by molar-refractivity contribution is 9.10. The fourth-order valence-corrected chi connectivity index (χ4v) is 2.61. The number of rotatable bonds is 10. The van der Waals surface area contributed by atoms with E-state index >= 15 is 0 Å². The average Bonchev–Trinajstić information content (AvgIpc) is 2.39. The van der Waals surface area contributed by atoms with Gasteiger partial charge >= 0.3 is 0 Å². The third-order valence-electron chi connectivity index (χ3n) is 3.28. The molecule has 1 nitrogen and oxygen atoms in total. The van der Waals surface area contributed by atoms with Crippen LogP contribution in [0.4, 0.5) is 10.1 Å². The van der Waals surface area contributed by atoms with Gasteiger partial charge in [-0.25, -0.2) is 4.39 Å². The standard InChI is InChI=1S/C16H25BrFN/c1-2-3-4-5-6-7-8-9-12-19-16-11-10-14(18)13-15(16)17/h10-11,13,19H,2-9,12H2,1H3. The van der Waals surface area contributed by atoms with Gasteiger partial charge in [0.1, 0.15) is 5.82 Å². The van der Waals surface area contributed by atoms with Crippen LogP contribution in [0.1, 0.15) is 58.3 Å². The van der Waals surface area contributed by atoms with E-state index in [0.717, 1.165) is 16.7 Å². The van der Waals surface area contributed by atoms with Crippen molar-refractivity contribution in [3.05, 3.63) is 28.5 Å². The SMILES string of the molecule is CCCCCCCCCCNc1ccc(F)cc1Br. The molecule has 0 aliphatic heterocycles. The lowest BCUT2D eigenvalue weighted by atomic mass is 10.1. The molecule has 0 atom stereocenters. The number of halogens is 2. The predicted octanol–water partition coefficient (Wildman–Crippen LogP) is 6.14. The van der Waals surface area contributed by atoms with Crippen molar-refractivity contribution in [2.75, 3.05) is 11.9 Å². The topological polar surface area (TPSA) is 12.0 Å². The molecule has 0 aliphatic carbocycles. The van der Waals surface area contributed by atoms with Gasteiger partial charge in [-0.2, -0.15) is 0 Å². The Morgan fingerprint density at radius 1 is 1.00 bits per heavy atom. The van der Waals surface area contributed by atoms with E-state index in [2.05, 4.69) is 28.2 Å². The van der Waals surface area contributed by atoms with Gasteiger partial charge in [-0.05, 0) is 40.5 Å². The first-order valence-electron chi connectivity index (χ1n) is 7.43. The summed E-state index contributed by atoms with van der Waals surface area (Å²) in [5.74, 6) is -0.204. The summed E-state index contributed by atoms with van der Waals surface area (Å²) in [5.41, 5.74) is 0.976. The first-order valence-corrected chi connectivity index (χ1v) is 8.22. The molecule has 1 aromatic rings. The van der Waals surface area contributed by atoms with E-state index in [9.17, 15) is 4.39 Å². The maximum absolute atomic E-state index is 12.9. The van der Waals surface area contributed by atoms with E-state index in [4.69, 9.17) is 0 Å². The zero-order valence-corrected chi connectivity index (χ0v) is 13.4. The largest absolute Gasteiger partial charge is 0.384 e. The summed E-state index contributed by atoms with van der Waals surface area (Å²) < 4.78 is 13.7. The van der Waals surface area contributed by atoms with Crippen molar-refractivity contribution < 1.29 is 4.39 Å². The van der Waals surface area contributed by atoms with E-state index in [-0.39, 0.29) is 5.82 Å². The van der Waals surface area contributed by atoms with Crippen molar-refractivity contribution in [1.82, 2.24) is 0 Å². The lowest BCUT2D eigenvalue weighted by molar-refractivity contribution is 0.581. The monoisotopic (exact) mass is 329 g/mol. The van der Waals surface area contributed by atoms with Gasteiger partial charge in [-0.1, -0.05) is 51.9 Å². The van der Waals surface area contributed by atoms with Crippen molar-refractivity contribution in [1.29, 1.82) is 0 Å². The third kappa shape index (κ3) is 7.56. The van der Waals surface area contributed by atoms with Crippen LogP contribution in [-0.2, 0) is 0 Å². The number of nitrogens with one attached hydrogen (secondary N) is 1. The molecule has 0 unspecified atom stereocenters. The quantitative estimate of drug-likeness (QED) is 0.508. The van der Waals surface area contributed by atoms with E-state index in [1.165, 1.54) is 63.5 Å². The highest BCUT2D eigenvalue weighted by Crippen LogP contribution is 2.23. The summed E-state index contributed by atoms with van der Waals surface area (Å²) in [5, 5.41) is 3.34. The molecule has 0 heterocycles. The van der Waals surface area contributed by atoms with Gasteiger partial charge in [0.2, 0.25) is 0 Å². The minimum Gasteiger partial charge on any atom is -0.384 e. The van der Waals surface area contributed by atoms with Gasteiger partial charge in [-0.3, -0.25) is 0 Å². The Hall–Kier alpha value is -0.570. The molecule has 108 valence electrons. The molecule has 0 amide bonds. The van der Waals surface area contributed by atoms with Gasteiger partial charge in [-0.15, -0.1) is 0 Å². The number of hydrogen-bond acceptors (Lipinski definition) is 1. The van der Waals surface area contributed by atoms with E-state index in [0.29, 0.717) is 0 Å². The molecular formula is C16H25BrFN. The summed E-state index contributed by atoms with van der Waals surface area (Å²) in [6.45, 7) is 3.21. The number of anilines is 1. The Labute approximate surface area is 125 Å². The van der Waals surface area contributed by atoms with Gasteiger partial charge < -0.3 is 5.32 Å². The highest BCUT2D eigenvalue weighted by atomic mass is 79.9. The summed E-state index contributed by atoms with van der Waals surface area (Å²) in [6.07, 6.45) is 10.6. The fraction of sp³-hybridized carbons (Fsp3) is 0.625. The Morgan fingerprint density at radius 2 is 1.63 bits per heavy atom. The van der Waals surface area contributed by atoms with Crippen LogP contribution >= 0.6 is 15.9 Å². The first kappa shape index (κ1) is 16.5. The van der Waals surface area contributed by atoms with E-state index in [1.807, 2.05) is 0 Å². The number of hydrogen-bond donors (Lipinski definition) is 1. The molecule has 0 bridgehead atoms. The Balaban J connectivity index is 2.01. The van der Waals surface area contributed by atoms with E-state index in [1.54, 1.807) is 6.07 Å². The van der Waals surface area contributed by atoms with Crippen molar-refractivity contribution in [3.63, 3.8) is 0 Å². The number of benzene rings is 1. The fourth-order valence-electron chi connectivity index (χ4n) is 2.11. The molecule has 1 rings (SSSR count). The summed E-state index contributed by atoms with van der Waals surface area (Å²) in [4.78, 5) is 0. The maximum Gasteiger partial charge on any atom is 0.124 e. The molecule has 3 heteroatoms. The van der Waals surface area contributed by atoms with Gasteiger partial charge in [0.05, 0.1) is 0 Å². The minimum absolute atomic E-state index is 0.204. The van der Waals surface area contributed by atoms with Crippen LogP contribution < -0.4 is 5.32 Å². The third-order valence-corrected chi connectivity index (χ3v) is 3.93. The molecule has 0 aromatic heterocycles. The molecule has 0 radical (unpaired) electrons. The lowest BCUT2D eigenvalue weighted by Gasteiger charge is -2.08. The Kier molecular flexibility index (Phi) is 8.89. The summed E-state index contributed by atoms with van der Waals surface area (Å²) in [7, 11) is 0. The van der Waals surface area contributed by atoms with Crippen LogP contribution in [0.25, 0.3) is 0 Å². The molecule has 19 heavy (non-hydrogen) atoms. The molecule has 1 N–H and O–H groups in total. The summed E-state index contributed by atoms with van der Waals surface area (Å²) in [6, 6.07) is 4.76. The van der Waals surface area contributed by atoms with E-state index < -0.39 is 0 Å². The molecule has 1 aromatic carbocycles. The Bertz CT molecular complexity index is 355. The van der Waals surface area contributed by atoms with Crippen molar-refractivity contribution in [2.24, 2.45) is 0 Å². The molecular weight excluding hydrogens is 305 g/mol. The highest BCUT2D eigenvalue weighted by Gasteiger charge is 2.00. The van der Waals surface area contributed by atoms with Crippen LogP contribution in [0, 0.1) is 5.82 Å². The van der Waals surface area contributed by atoms with Crippen LogP contribution in [-0.4, -0.2) is 6.54 Å². The predicted molar refractivity (Wildman–Crippen MR) is 85.2 cm³/mol. The average molecular weight is 330 g/mol. The number of unbranched alkanes of at least 4 members (excludes halogenated alkanes) is 7. The van der Waals surface area contributed by atoms with Gasteiger partial charge in [0.25, 0.3) is 0 Å². The van der Waals surface area contributed by atoms with Crippen LogP contribution in [0.5, 0.6) is 0 Å². The molecule has 0 aliphatic rings. The van der Waals surface area contributed by atoms with Crippen LogP contribution in [0.2, 0.25) is 0 Å². The molecule has 0 fully saturated rings. The first-order chi connectivity index (χ1) is 9.24. The van der Waals surface area contributed by atoms with Gasteiger partial charge in [0.15, 0.2) is 0 Å². The van der Waals surface area contributed by atoms with Crippen molar-refractivity contribution in [3.8, 4) is 0 Å². The zero-order chi connectivity index (χ0) is 13.9. The normalized spacial score (nSPS) is 10.7. The van der Waals surface area contributed by atoms with Crippen molar-refractivity contribution >= 4 is 21.6 Å². The van der Waals surface area contributed by atoms with Gasteiger partial charge in [0, 0.05) is 16.7 Å². The minimum atomic E-state index is -0.204. The summed E-state index contributed by atoms with van der Waals surface area (Å²) >= 11 is 3.36. The smallest absolute Gasteiger partial charge is 0.124 e. The van der Waals surface area contributed by atoms with Crippen molar-refractivity contribution in [2.45, 2.75) is 58.3 Å². The second-order valence-corrected chi connectivity index (χ2v) is 5.88. The zero-order valence-electron chi connectivity index (χ0n) is 11.9. The Morgan fingerprint density at radius 3 is 2.26 bits per heavy atom. The molecule has 0 saturated carbocycles. The second kappa shape index (κ2) is 10.2. The second-order valence-electron chi connectivity index (χ2n) is 5.03. The molecule has 0 saturated heterocycles. The van der Waals surface area contributed by atoms with Crippen LogP contribution in [0.15, 0.2) is 22.7 Å². The van der Waals surface area contributed by atoms with Crippen LogP contribution in [0.3, 0.4) is 0 Å². The molecule has 0 spiro atoms.